The predicted molar refractivity (Wildman–Crippen MR) is 89.1 cm³/mol. The number of benzene rings is 1. The van der Waals surface area contributed by atoms with Crippen LogP contribution in [-0.2, 0) is 12.2 Å². The van der Waals surface area contributed by atoms with Crippen LogP contribution in [0.2, 0.25) is 5.02 Å². The lowest BCUT2D eigenvalue weighted by atomic mass is 10.2. The zero-order chi connectivity index (χ0) is 15.1. The zero-order valence-electron chi connectivity index (χ0n) is 11.9. The van der Waals surface area contributed by atoms with E-state index in [4.69, 9.17) is 21.8 Å². The first-order chi connectivity index (χ1) is 10.2. The van der Waals surface area contributed by atoms with Crippen molar-refractivity contribution in [1.82, 2.24) is 10.2 Å². The Balaban J connectivity index is 0.00000242. The number of hydrogen-bond acceptors (Lipinski definition) is 5. The van der Waals surface area contributed by atoms with Crippen molar-refractivity contribution in [1.29, 1.82) is 0 Å². The Bertz CT molecular complexity index is 563. The lowest BCUT2D eigenvalue weighted by Crippen LogP contribution is -1.98. The van der Waals surface area contributed by atoms with Crippen LogP contribution < -0.4 is 5.73 Å². The summed E-state index contributed by atoms with van der Waals surface area (Å²) >= 11 is 7.25. The van der Waals surface area contributed by atoms with E-state index in [-0.39, 0.29) is 18.2 Å². The summed E-state index contributed by atoms with van der Waals surface area (Å²) in [5.74, 6) is 0.644. The van der Waals surface area contributed by atoms with Gasteiger partial charge in [0.1, 0.15) is 5.82 Å². The van der Waals surface area contributed by atoms with Gasteiger partial charge in [-0.15, -0.1) is 22.6 Å². The molecule has 4 nitrogen and oxygen atoms in total. The van der Waals surface area contributed by atoms with Gasteiger partial charge in [0.05, 0.1) is 0 Å². The molecule has 0 aliphatic rings. The number of halogens is 3. The second-order valence-electron chi connectivity index (χ2n) is 4.55. The van der Waals surface area contributed by atoms with Gasteiger partial charge in [0.25, 0.3) is 5.22 Å². The fourth-order valence-electron chi connectivity index (χ4n) is 1.80. The maximum absolute atomic E-state index is 13.6. The van der Waals surface area contributed by atoms with Gasteiger partial charge in [0.2, 0.25) is 5.89 Å². The summed E-state index contributed by atoms with van der Waals surface area (Å²) in [4.78, 5) is 0. The van der Waals surface area contributed by atoms with Crippen LogP contribution in [0.15, 0.2) is 27.8 Å². The van der Waals surface area contributed by atoms with E-state index < -0.39 is 0 Å². The van der Waals surface area contributed by atoms with E-state index in [1.165, 1.54) is 17.8 Å². The molecule has 0 spiro atoms. The maximum Gasteiger partial charge on any atom is 0.276 e. The summed E-state index contributed by atoms with van der Waals surface area (Å²) in [6.07, 6.45) is 3.77. The Morgan fingerprint density at radius 1 is 1.23 bits per heavy atom. The van der Waals surface area contributed by atoms with Crippen LogP contribution in [0.25, 0.3) is 0 Å². The first-order valence-corrected chi connectivity index (χ1v) is 8.15. The smallest absolute Gasteiger partial charge is 0.276 e. The second kappa shape index (κ2) is 10.0. The molecule has 22 heavy (non-hydrogen) atoms. The number of hydrogen-bond donors (Lipinski definition) is 1. The molecule has 2 rings (SSSR count). The second-order valence-corrected chi connectivity index (χ2v) is 5.88. The van der Waals surface area contributed by atoms with Crippen LogP contribution in [0.4, 0.5) is 4.39 Å². The molecule has 0 saturated heterocycles. The normalized spacial score (nSPS) is 10.5. The Labute approximate surface area is 144 Å². The van der Waals surface area contributed by atoms with Crippen molar-refractivity contribution in [2.24, 2.45) is 5.73 Å². The van der Waals surface area contributed by atoms with E-state index in [0.717, 1.165) is 25.7 Å². The minimum atomic E-state index is -0.323. The van der Waals surface area contributed by atoms with Gasteiger partial charge in [-0.3, -0.25) is 0 Å². The van der Waals surface area contributed by atoms with Gasteiger partial charge < -0.3 is 10.2 Å². The molecule has 0 amide bonds. The van der Waals surface area contributed by atoms with Crippen molar-refractivity contribution in [2.75, 3.05) is 6.54 Å². The molecule has 2 N–H and O–H groups in total. The summed E-state index contributed by atoms with van der Waals surface area (Å²) in [6, 6.07) is 4.63. The molecule has 1 aromatic carbocycles. The van der Waals surface area contributed by atoms with Gasteiger partial charge in [-0.2, -0.15) is 0 Å². The molecule has 1 aromatic heterocycles. The number of aryl methyl sites for hydroxylation is 1. The van der Waals surface area contributed by atoms with Gasteiger partial charge in [0.15, 0.2) is 0 Å². The summed E-state index contributed by atoms with van der Waals surface area (Å²) in [7, 11) is 0. The number of nitrogens with zero attached hydrogens (tertiary/aromatic N) is 2. The monoisotopic (exact) mass is 365 g/mol. The average Bonchev–Trinajstić information content (AvgIpc) is 2.91. The highest BCUT2D eigenvalue weighted by molar-refractivity contribution is 7.98. The highest BCUT2D eigenvalue weighted by atomic mass is 35.5. The van der Waals surface area contributed by atoms with Crippen molar-refractivity contribution >= 4 is 35.8 Å². The predicted octanol–water partition coefficient (Wildman–Crippen LogP) is 4.25. The van der Waals surface area contributed by atoms with Gasteiger partial charge in [-0.25, -0.2) is 4.39 Å². The molecule has 0 aliphatic carbocycles. The van der Waals surface area contributed by atoms with Gasteiger partial charge in [-0.1, -0.05) is 35.9 Å². The quantitative estimate of drug-likeness (QED) is 0.559. The summed E-state index contributed by atoms with van der Waals surface area (Å²) in [5.41, 5.74) is 5.89. The molecule has 122 valence electrons. The molecule has 1 heterocycles. The topological polar surface area (TPSA) is 64.9 Å². The van der Waals surface area contributed by atoms with Crippen molar-refractivity contribution in [3.8, 4) is 0 Å². The Morgan fingerprint density at radius 2 is 2.05 bits per heavy atom. The van der Waals surface area contributed by atoms with E-state index in [0.29, 0.717) is 34.0 Å². The Hall–Kier alpha value is -0.820. The fraction of sp³-hybridized carbons (Fsp3) is 0.429. The van der Waals surface area contributed by atoms with Gasteiger partial charge in [-0.05, 0) is 31.5 Å². The Kier molecular flexibility index (Phi) is 8.78. The van der Waals surface area contributed by atoms with Crippen molar-refractivity contribution in [3.63, 3.8) is 0 Å². The molecule has 0 atom stereocenters. The average molecular weight is 366 g/mol. The van der Waals surface area contributed by atoms with Gasteiger partial charge >= 0.3 is 0 Å². The highest BCUT2D eigenvalue weighted by Crippen LogP contribution is 2.27. The Morgan fingerprint density at radius 3 is 2.77 bits per heavy atom. The first-order valence-electron chi connectivity index (χ1n) is 6.79. The molecule has 0 radical (unpaired) electrons. The first kappa shape index (κ1) is 19.2. The summed E-state index contributed by atoms with van der Waals surface area (Å²) < 4.78 is 19.1. The molecular formula is C14H18Cl2FN3OS. The molecule has 0 saturated carbocycles. The van der Waals surface area contributed by atoms with E-state index in [1.54, 1.807) is 12.1 Å². The standard InChI is InChI=1S/C14H17ClFN3OS.ClH/c15-11-5-4-6-12(16)10(11)9-21-14-19-18-13(20-14)7-2-1-3-8-17;/h4-6H,1-3,7-9,17H2;1H. The van der Waals surface area contributed by atoms with Crippen molar-refractivity contribution in [3.05, 3.63) is 40.5 Å². The number of rotatable bonds is 8. The van der Waals surface area contributed by atoms with Crippen LogP contribution in [0, 0.1) is 5.82 Å². The lowest BCUT2D eigenvalue weighted by molar-refractivity contribution is 0.407. The zero-order valence-corrected chi connectivity index (χ0v) is 14.3. The fourth-order valence-corrected chi connectivity index (χ4v) is 2.92. The molecule has 2 aromatic rings. The number of thioether (sulfide) groups is 1. The molecule has 0 unspecified atom stereocenters. The van der Waals surface area contributed by atoms with Crippen molar-refractivity contribution < 1.29 is 8.81 Å². The molecule has 8 heteroatoms. The van der Waals surface area contributed by atoms with Crippen LogP contribution in [-0.4, -0.2) is 16.7 Å². The number of aromatic nitrogens is 2. The minimum absolute atomic E-state index is 0. The molecular weight excluding hydrogens is 348 g/mol. The largest absolute Gasteiger partial charge is 0.416 e. The number of unbranched alkanes of at least 4 members (excludes halogenated alkanes) is 2. The van der Waals surface area contributed by atoms with E-state index in [1.807, 2.05) is 0 Å². The molecule has 0 bridgehead atoms. The van der Waals surface area contributed by atoms with E-state index in [2.05, 4.69) is 10.2 Å². The van der Waals surface area contributed by atoms with Crippen LogP contribution in [0.5, 0.6) is 0 Å². The third-order valence-electron chi connectivity index (χ3n) is 2.94. The number of nitrogens with two attached hydrogens (primary N) is 1. The van der Waals surface area contributed by atoms with Crippen LogP contribution >= 0.6 is 35.8 Å². The van der Waals surface area contributed by atoms with Gasteiger partial charge in [0, 0.05) is 22.8 Å². The van der Waals surface area contributed by atoms with E-state index in [9.17, 15) is 4.39 Å². The minimum Gasteiger partial charge on any atom is -0.416 e. The molecule has 0 fully saturated rings. The molecule has 0 aliphatic heterocycles. The maximum atomic E-state index is 13.6. The third kappa shape index (κ3) is 5.76. The third-order valence-corrected chi connectivity index (χ3v) is 4.14. The summed E-state index contributed by atoms with van der Waals surface area (Å²) in [5, 5.41) is 8.76. The van der Waals surface area contributed by atoms with Crippen LogP contribution in [0.3, 0.4) is 0 Å². The highest BCUT2D eigenvalue weighted by Gasteiger charge is 2.11. The lowest BCUT2D eigenvalue weighted by Gasteiger charge is -2.02. The van der Waals surface area contributed by atoms with Crippen LogP contribution in [0.1, 0.15) is 30.7 Å². The summed E-state index contributed by atoms with van der Waals surface area (Å²) in [6.45, 7) is 0.703. The van der Waals surface area contributed by atoms with E-state index >= 15 is 0 Å². The van der Waals surface area contributed by atoms with Crippen molar-refractivity contribution in [2.45, 2.75) is 36.7 Å². The SMILES string of the molecule is Cl.NCCCCCc1nnc(SCc2c(F)cccc2Cl)o1.